The number of esters is 2. The molecule has 7 unspecified atom stereocenters. The van der Waals surface area contributed by atoms with Crippen molar-refractivity contribution in [3.05, 3.63) is 36.5 Å². The van der Waals surface area contributed by atoms with Crippen LogP contribution in [0, 0.1) is 29.6 Å². The van der Waals surface area contributed by atoms with Gasteiger partial charge < -0.3 is 14.6 Å². The molecule has 2 saturated carbocycles. The molecule has 0 aromatic rings. The van der Waals surface area contributed by atoms with Crippen molar-refractivity contribution in [2.45, 2.75) is 38.9 Å². The summed E-state index contributed by atoms with van der Waals surface area (Å²) in [4.78, 5) is 24.3. The Balaban J connectivity index is 1.95. The number of hydrogen-bond acceptors (Lipinski definition) is 5. The molecule has 0 bridgehead atoms. The van der Waals surface area contributed by atoms with E-state index in [1.165, 1.54) is 0 Å². The van der Waals surface area contributed by atoms with Crippen LogP contribution in [-0.4, -0.2) is 35.9 Å². The van der Waals surface area contributed by atoms with Gasteiger partial charge in [-0.05, 0) is 24.2 Å². The van der Waals surface area contributed by atoms with Gasteiger partial charge in [0, 0.05) is 17.9 Å². The average Bonchev–Trinajstić information content (AvgIpc) is 2.99. The second kappa shape index (κ2) is 6.45. The van der Waals surface area contributed by atoms with Crippen LogP contribution in [0.3, 0.4) is 0 Å². The maximum atomic E-state index is 12.2. The molecule has 0 aromatic carbocycles. The van der Waals surface area contributed by atoms with Gasteiger partial charge in [0.25, 0.3) is 0 Å². The van der Waals surface area contributed by atoms with E-state index >= 15 is 0 Å². The third kappa shape index (κ3) is 2.84. The fraction of sp³-hybridized carbons (Fsp3) is 0.600. The van der Waals surface area contributed by atoms with Crippen molar-refractivity contribution in [3.63, 3.8) is 0 Å². The number of aliphatic hydroxyl groups is 1. The van der Waals surface area contributed by atoms with Crippen LogP contribution < -0.4 is 0 Å². The van der Waals surface area contributed by atoms with Crippen molar-refractivity contribution < 1.29 is 24.2 Å². The first-order chi connectivity index (χ1) is 11.8. The summed E-state index contributed by atoms with van der Waals surface area (Å²) in [6.45, 7) is 15.6. The number of carbonyl (C=O) groups is 2. The second-order valence-electron chi connectivity index (χ2n) is 7.74. The molecule has 3 rings (SSSR count). The Bertz CT molecular complexity index is 648. The Morgan fingerprint density at radius 2 is 2.04 bits per heavy atom. The Kier molecular flexibility index (Phi) is 4.62. The van der Waals surface area contributed by atoms with E-state index in [0.29, 0.717) is 23.8 Å². The van der Waals surface area contributed by atoms with E-state index in [9.17, 15) is 9.59 Å². The molecule has 0 spiro atoms. The lowest BCUT2D eigenvalue weighted by atomic mass is 9.78. The summed E-state index contributed by atoms with van der Waals surface area (Å²) >= 11 is 0. The van der Waals surface area contributed by atoms with Crippen LogP contribution in [0.4, 0.5) is 0 Å². The molecule has 0 amide bonds. The minimum absolute atomic E-state index is 0.00977. The third-order valence-electron chi connectivity index (χ3n) is 6.36. The second-order valence-corrected chi connectivity index (χ2v) is 7.74. The maximum Gasteiger partial charge on any atom is 0.336 e. The Hall–Kier alpha value is -1.88. The average molecular weight is 346 g/mol. The SMILES string of the molecule is C=C(CO)C(=O)OC1CC(=C)C2CC(C)C(C)C2C2OC(=O)C(=C)C12. The zero-order valence-electron chi connectivity index (χ0n) is 14.9. The summed E-state index contributed by atoms with van der Waals surface area (Å²) in [5.41, 5.74) is 1.38. The van der Waals surface area contributed by atoms with Crippen molar-refractivity contribution >= 4 is 11.9 Å². The molecule has 3 aliphatic rings. The summed E-state index contributed by atoms with van der Waals surface area (Å²) < 4.78 is 11.3. The highest BCUT2D eigenvalue weighted by molar-refractivity contribution is 5.91. The van der Waals surface area contributed by atoms with Crippen molar-refractivity contribution in [2.24, 2.45) is 29.6 Å². The van der Waals surface area contributed by atoms with Gasteiger partial charge in [-0.15, -0.1) is 0 Å². The highest BCUT2D eigenvalue weighted by Gasteiger charge is 2.57. The molecular formula is C20H26O5. The van der Waals surface area contributed by atoms with Crippen LogP contribution >= 0.6 is 0 Å². The summed E-state index contributed by atoms with van der Waals surface area (Å²) in [6, 6.07) is 0. The fourth-order valence-corrected chi connectivity index (χ4v) is 4.78. The van der Waals surface area contributed by atoms with Gasteiger partial charge in [-0.3, -0.25) is 0 Å². The molecule has 1 saturated heterocycles. The molecule has 5 nitrogen and oxygen atoms in total. The van der Waals surface area contributed by atoms with Crippen molar-refractivity contribution in [1.82, 2.24) is 0 Å². The van der Waals surface area contributed by atoms with E-state index in [0.717, 1.165) is 12.0 Å². The smallest absolute Gasteiger partial charge is 0.336 e. The molecule has 1 heterocycles. The maximum absolute atomic E-state index is 12.2. The molecule has 3 fully saturated rings. The molecule has 0 aromatic heterocycles. The molecule has 5 heteroatoms. The zero-order valence-corrected chi connectivity index (χ0v) is 14.9. The molecule has 25 heavy (non-hydrogen) atoms. The Morgan fingerprint density at radius 3 is 2.68 bits per heavy atom. The first-order valence-electron chi connectivity index (χ1n) is 8.83. The predicted molar refractivity (Wildman–Crippen MR) is 92.3 cm³/mol. The van der Waals surface area contributed by atoms with E-state index in [2.05, 4.69) is 33.6 Å². The van der Waals surface area contributed by atoms with E-state index in [1.54, 1.807) is 0 Å². The standard InChI is InChI=1S/C20H26O5/c1-9-6-14-10(2)7-15(24-19(22)11(3)8-21)17-13(5)20(23)25-18(17)16(14)12(9)4/h9,12,14-18,21H,2-3,5-8H2,1,4H3. The molecule has 7 atom stereocenters. The summed E-state index contributed by atoms with van der Waals surface area (Å²) in [6.07, 6.45) is 0.564. The van der Waals surface area contributed by atoms with E-state index < -0.39 is 24.6 Å². The van der Waals surface area contributed by atoms with Gasteiger partial charge >= 0.3 is 11.9 Å². The third-order valence-corrected chi connectivity index (χ3v) is 6.36. The Morgan fingerprint density at radius 1 is 1.36 bits per heavy atom. The van der Waals surface area contributed by atoms with Crippen molar-refractivity contribution in [2.75, 3.05) is 6.61 Å². The van der Waals surface area contributed by atoms with Crippen LogP contribution in [0.2, 0.25) is 0 Å². The van der Waals surface area contributed by atoms with Gasteiger partial charge in [0.05, 0.1) is 18.1 Å². The molecule has 2 aliphatic carbocycles. The number of carbonyl (C=O) groups excluding carboxylic acids is 2. The number of hydrogen-bond donors (Lipinski definition) is 1. The van der Waals surface area contributed by atoms with Crippen molar-refractivity contribution in [1.29, 1.82) is 0 Å². The first-order valence-corrected chi connectivity index (χ1v) is 8.83. The number of aliphatic hydroxyl groups excluding tert-OH is 1. The number of fused-ring (bicyclic) bond motifs is 3. The molecule has 136 valence electrons. The van der Waals surface area contributed by atoms with Gasteiger partial charge in [0.1, 0.15) is 12.2 Å². The van der Waals surface area contributed by atoms with Crippen LogP contribution in [0.5, 0.6) is 0 Å². The minimum atomic E-state index is -0.653. The normalized spacial score (nSPS) is 40.1. The molecule has 1 N–H and O–H groups in total. The lowest BCUT2D eigenvalue weighted by Crippen LogP contribution is -2.37. The molecule has 0 radical (unpaired) electrons. The highest BCUT2D eigenvalue weighted by Crippen LogP contribution is 2.54. The lowest BCUT2D eigenvalue weighted by Gasteiger charge is -2.30. The van der Waals surface area contributed by atoms with Crippen LogP contribution in [0.1, 0.15) is 26.7 Å². The van der Waals surface area contributed by atoms with Gasteiger partial charge in [-0.25, -0.2) is 9.59 Å². The van der Waals surface area contributed by atoms with E-state index in [4.69, 9.17) is 14.6 Å². The Labute approximate surface area is 148 Å². The van der Waals surface area contributed by atoms with Crippen LogP contribution in [0.25, 0.3) is 0 Å². The van der Waals surface area contributed by atoms with E-state index in [1.807, 2.05) is 0 Å². The van der Waals surface area contributed by atoms with Gasteiger partial charge in [0.2, 0.25) is 0 Å². The quantitative estimate of drug-likeness (QED) is 0.483. The van der Waals surface area contributed by atoms with Crippen LogP contribution in [-0.2, 0) is 19.1 Å². The summed E-state index contributed by atoms with van der Waals surface area (Å²) in [5.74, 6) is -0.110. The summed E-state index contributed by atoms with van der Waals surface area (Å²) in [5, 5.41) is 9.10. The zero-order chi connectivity index (χ0) is 18.5. The minimum Gasteiger partial charge on any atom is -0.458 e. The topological polar surface area (TPSA) is 72.8 Å². The first kappa shape index (κ1) is 17.9. The predicted octanol–water partition coefficient (Wildman–Crippen LogP) is 2.41. The number of ether oxygens (including phenoxy) is 2. The monoisotopic (exact) mass is 346 g/mol. The number of rotatable bonds is 3. The van der Waals surface area contributed by atoms with Gasteiger partial charge in [-0.1, -0.05) is 39.2 Å². The van der Waals surface area contributed by atoms with Crippen molar-refractivity contribution in [3.8, 4) is 0 Å². The fourth-order valence-electron chi connectivity index (χ4n) is 4.78. The highest BCUT2D eigenvalue weighted by atomic mass is 16.6. The summed E-state index contributed by atoms with van der Waals surface area (Å²) in [7, 11) is 0. The van der Waals surface area contributed by atoms with Crippen LogP contribution in [0.15, 0.2) is 36.5 Å². The molecule has 1 aliphatic heterocycles. The van der Waals surface area contributed by atoms with E-state index in [-0.39, 0.29) is 29.4 Å². The largest absolute Gasteiger partial charge is 0.458 e. The lowest BCUT2D eigenvalue weighted by molar-refractivity contribution is -0.149. The van der Waals surface area contributed by atoms with Gasteiger partial charge in [-0.2, -0.15) is 0 Å². The van der Waals surface area contributed by atoms with Gasteiger partial charge in [0.15, 0.2) is 0 Å². The molecular weight excluding hydrogens is 320 g/mol.